The average Bonchev–Trinajstić information content (AvgIpc) is 3.17. The number of hydrogen-bond donors (Lipinski definition) is 2. The van der Waals surface area contributed by atoms with E-state index in [4.69, 9.17) is 9.15 Å². The van der Waals surface area contributed by atoms with Crippen LogP contribution in [-0.4, -0.2) is 30.4 Å². The Balaban J connectivity index is 2.21. The minimum absolute atomic E-state index is 0.170. The van der Waals surface area contributed by atoms with Crippen LogP contribution >= 0.6 is 0 Å². The van der Waals surface area contributed by atoms with E-state index in [2.05, 4.69) is 10.6 Å². The highest BCUT2D eigenvalue weighted by Crippen LogP contribution is 2.20. The molecule has 26 heavy (non-hydrogen) atoms. The summed E-state index contributed by atoms with van der Waals surface area (Å²) in [5.74, 6) is -1.20. The molecule has 2 aromatic rings. The van der Waals surface area contributed by atoms with Crippen LogP contribution in [0.25, 0.3) is 0 Å². The number of nitrogens with one attached hydrogen (secondary N) is 2. The summed E-state index contributed by atoms with van der Waals surface area (Å²) in [6.07, 6.45) is 1.78. The Labute approximate surface area is 151 Å². The van der Waals surface area contributed by atoms with Crippen molar-refractivity contribution in [1.82, 2.24) is 5.32 Å². The average molecular weight is 358 g/mol. The lowest BCUT2D eigenvalue weighted by Crippen LogP contribution is -2.52. The van der Waals surface area contributed by atoms with Gasteiger partial charge in [-0.1, -0.05) is 13.0 Å². The van der Waals surface area contributed by atoms with Crippen LogP contribution in [0.15, 0.2) is 41.0 Å². The summed E-state index contributed by atoms with van der Waals surface area (Å²) >= 11 is 0. The monoisotopic (exact) mass is 358 g/mol. The number of aryl methyl sites for hydroxylation is 1. The van der Waals surface area contributed by atoms with Crippen molar-refractivity contribution in [1.29, 1.82) is 0 Å². The van der Waals surface area contributed by atoms with Crippen LogP contribution in [0.1, 0.15) is 46.7 Å². The molecule has 2 rings (SSSR count). The van der Waals surface area contributed by atoms with E-state index >= 15 is 0 Å². The van der Waals surface area contributed by atoms with Gasteiger partial charge in [0.05, 0.1) is 13.4 Å². The van der Waals surface area contributed by atoms with E-state index in [-0.39, 0.29) is 5.76 Å². The number of anilines is 1. The van der Waals surface area contributed by atoms with E-state index in [1.54, 1.807) is 44.2 Å². The highest BCUT2D eigenvalue weighted by molar-refractivity contribution is 6.04. The fourth-order valence-electron chi connectivity index (χ4n) is 2.32. The Morgan fingerprint density at radius 3 is 2.50 bits per heavy atom. The van der Waals surface area contributed by atoms with Gasteiger partial charge in [0.25, 0.3) is 11.8 Å². The van der Waals surface area contributed by atoms with Crippen LogP contribution in [0.5, 0.6) is 0 Å². The number of esters is 1. The summed E-state index contributed by atoms with van der Waals surface area (Å²) in [7, 11) is 1.27. The number of furan rings is 1. The summed E-state index contributed by atoms with van der Waals surface area (Å²) in [5, 5.41) is 5.41. The summed E-state index contributed by atoms with van der Waals surface area (Å²) in [4.78, 5) is 36.6. The molecule has 2 N–H and O–H groups in total. The number of amides is 2. The van der Waals surface area contributed by atoms with Crippen molar-refractivity contribution in [2.75, 3.05) is 12.4 Å². The zero-order valence-corrected chi connectivity index (χ0v) is 15.2. The van der Waals surface area contributed by atoms with E-state index < -0.39 is 23.3 Å². The van der Waals surface area contributed by atoms with Gasteiger partial charge >= 0.3 is 5.97 Å². The highest BCUT2D eigenvalue weighted by Gasteiger charge is 2.34. The predicted octanol–water partition coefficient (Wildman–Crippen LogP) is 2.91. The largest absolute Gasteiger partial charge is 0.467 e. The molecular formula is C19H22N2O5. The van der Waals surface area contributed by atoms with Crippen molar-refractivity contribution < 1.29 is 23.5 Å². The van der Waals surface area contributed by atoms with Crippen LogP contribution in [-0.2, 0) is 9.53 Å². The van der Waals surface area contributed by atoms with Gasteiger partial charge in [0.1, 0.15) is 5.54 Å². The summed E-state index contributed by atoms with van der Waals surface area (Å²) in [6, 6.07) is 8.06. The highest BCUT2D eigenvalue weighted by atomic mass is 16.5. The van der Waals surface area contributed by atoms with E-state index in [1.165, 1.54) is 13.4 Å². The number of rotatable bonds is 6. The van der Waals surface area contributed by atoms with Gasteiger partial charge < -0.3 is 19.8 Å². The lowest BCUT2D eigenvalue weighted by Gasteiger charge is -2.26. The van der Waals surface area contributed by atoms with E-state index in [0.29, 0.717) is 17.7 Å². The molecule has 1 aromatic heterocycles. The van der Waals surface area contributed by atoms with Crippen molar-refractivity contribution in [2.24, 2.45) is 0 Å². The molecule has 7 nitrogen and oxygen atoms in total. The second-order valence-electron chi connectivity index (χ2n) is 6.09. The molecule has 7 heteroatoms. The summed E-state index contributed by atoms with van der Waals surface area (Å²) in [5.41, 5.74) is 0.450. The molecule has 0 radical (unpaired) electrons. The molecule has 0 spiro atoms. The van der Waals surface area contributed by atoms with E-state index in [9.17, 15) is 14.4 Å². The number of hydrogen-bond acceptors (Lipinski definition) is 5. The minimum Gasteiger partial charge on any atom is -0.467 e. The first-order valence-corrected chi connectivity index (χ1v) is 8.17. The molecule has 1 atom stereocenters. The molecule has 0 aliphatic heterocycles. The Bertz CT molecular complexity index is 813. The maximum atomic E-state index is 12.6. The normalized spacial score (nSPS) is 12.8. The minimum atomic E-state index is -1.13. The first-order chi connectivity index (χ1) is 12.3. The maximum absolute atomic E-state index is 12.6. The van der Waals surface area contributed by atoms with Gasteiger partial charge in [-0.3, -0.25) is 9.59 Å². The Kier molecular flexibility index (Phi) is 5.82. The smallest absolute Gasteiger partial charge is 0.331 e. The quantitative estimate of drug-likeness (QED) is 0.774. The lowest BCUT2D eigenvalue weighted by molar-refractivity contribution is -0.147. The first-order valence-electron chi connectivity index (χ1n) is 8.17. The van der Waals surface area contributed by atoms with E-state index in [1.807, 2.05) is 6.92 Å². The Morgan fingerprint density at radius 2 is 1.92 bits per heavy atom. The predicted molar refractivity (Wildman–Crippen MR) is 96.0 cm³/mol. The van der Waals surface area contributed by atoms with Crippen molar-refractivity contribution in [3.63, 3.8) is 0 Å². The lowest BCUT2D eigenvalue weighted by atomic mass is 9.98. The molecular weight excluding hydrogens is 336 g/mol. The van der Waals surface area contributed by atoms with Crippen molar-refractivity contribution in [3.8, 4) is 0 Å². The van der Waals surface area contributed by atoms with Crippen LogP contribution in [0.4, 0.5) is 5.69 Å². The third-order valence-electron chi connectivity index (χ3n) is 4.23. The molecule has 0 fully saturated rings. The van der Waals surface area contributed by atoms with Gasteiger partial charge in [0.15, 0.2) is 5.76 Å². The van der Waals surface area contributed by atoms with Crippen LogP contribution < -0.4 is 10.6 Å². The third kappa shape index (κ3) is 4.11. The van der Waals surface area contributed by atoms with Gasteiger partial charge in [-0.25, -0.2) is 4.79 Å². The van der Waals surface area contributed by atoms with Gasteiger partial charge in [-0.05, 0) is 50.1 Å². The molecule has 0 aliphatic rings. The second kappa shape index (κ2) is 7.86. The van der Waals surface area contributed by atoms with Crippen molar-refractivity contribution in [2.45, 2.75) is 32.7 Å². The Morgan fingerprint density at radius 1 is 1.19 bits per heavy atom. The number of methoxy groups -OCH3 is 1. The fourth-order valence-corrected chi connectivity index (χ4v) is 2.32. The van der Waals surface area contributed by atoms with E-state index in [0.717, 1.165) is 5.56 Å². The molecule has 0 saturated heterocycles. The molecule has 2 amide bonds. The van der Waals surface area contributed by atoms with Gasteiger partial charge in [-0.15, -0.1) is 0 Å². The Hall–Kier alpha value is -3.09. The molecule has 0 saturated carbocycles. The zero-order chi connectivity index (χ0) is 19.3. The molecule has 0 bridgehead atoms. The maximum Gasteiger partial charge on any atom is 0.331 e. The number of benzene rings is 1. The summed E-state index contributed by atoms with van der Waals surface area (Å²) < 4.78 is 9.82. The van der Waals surface area contributed by atoms with Crippen LogP contribution in [0.3, 0.4) is 0 Å². The number of carbonyl (C=O) groups is 3. The third-order valence-corrected chi connectivity index (χ3v) is 4.23. The number of carbonyl (C=O) groups excluding carboxylic acids is 3. The number of ether oxygens (including phenoxy) is 1. The molecule has 1 aromatic carbocycles. The summed E-state index contributed by atoms with van der Waals surface area (Å²) in [6.45, 7) is 5.19. The van der Waals surface area contributed by atoms with Crippen molar-refractivity contribution in [3.05, 3.63) is 53.5 Å². The van der Waals surface area contributed by atoms with Crippen LogP contribution in [0.2, 0.25) is 0 Å². The van der Waals surface area contributed by atoms with Crippen molar-refractivity contribution >= 4 is 23.5 Å². The van der Waals surface area contributed by atoms with Gasteiger partial charge in [0.2, 0.25) is 0 Å². The molecule has 0 aliphatic carbocycles. The SMILES string of the molecule is CCC(C)(NC(=O)c1ccc(C)c(NC(=O)c2ccco2)c1)C(=O)OC. The topological polar surface area (TPSA) is 97.6 Å². The zero-order valence-electron chi connectivity index (χ0n) is 15.2. The fraction of sp³-hybridized carbons (Fsp3) is 0.316. The standard InChI is InChI=1S/C19H22N2O5/c1-5-19(3,18(24)25-4)21-16(22)13-9-8-12(2)14(11-13)20-17(23)15-7-6-10-26-15/h6-11H,5H2,1-4H3,(H,20,23)(H,21,22). The molecule has 1 unspecified atom stereocenters. The van der Waals surface area contributed by atoms with Crippen LogP contribution in [0, 0.1) is 6.92 Å². The van der Waals surface area contributed by atoms with Gasteiger partial charge in [-0.2, -0.15) is 0 Å². The molecule has 1 heterocycles. The van der Waals surface area contributed by atoms with Gasteiger partial charge in [0, 0.05) is 11.3 Å². The second-order valence-corrected chi connectivity index (χ2v) is 6.09. The first kappa shape index (κ1) is 19.2. The molecule has 138 valence electrons.